The van der Waals surface area contributed by atoms with Gasteiger partial charge in [0.2, 0.25) is 0 Å². The fourth-order valence-corrected chi connectivity index (χ4v) is 2.48. The zero-order valence-electron chi connectivity index (χ0n) is 11.5. The van der Waals surface area contributed by atoms with Crippen molar-refractivity contribution >= 4 is 0 Å². The summed E-state index contributed by atoms with van der Waals surface area (Å²) in [5.41, 5.74) is 0. The first-order valence-electron chi connectivity index (χ1n) is 7.34. The molecule has 2 atom stereocenters. The standard InChI is InChI=1S/C14H28N2O/c1-3-14-10-16(12(2)9-15-14)7-4-8-17-11-13-5-6-13/h12-15H,3-11H2,1-2H3. The Balaban J connectivity index is 1.55. The molecule has 1 saturated heterocycles. The summed E-state index contributed by atoms with van der Waals surface area (Å²) in [6, 6.07) is 1.37. The van der Waals surface area contributed by atoms with Gasteiger partial charge < -0.3 is 10.1 Å². The predicted molar refractivity (Wildman–Crippen MR) is 71.3 cm³/mol. The molecule has 1 aliphatic carbocycles. The van der Waals surface area contributed by atoms with Gasteiger partial charge in [0.05, 0.1) is 0 Å². The normalized spacial score (nSPS) is 30.7. The number of hydrogen-bond acceptors (Lipinski definition) is 3. The third-order valence-electron chi connectivity index (χ3n) is 4.06. The lowest BCUT2D eigenvalue weighted by atomic mass is 10.1. The summed E-state index contributed by atoms with van der Waals surface area (Å²) in [7, 11) is 0. The first-order chi connectivity index (χ1) is 8.29. The molecule has 17 heavy (non-hydrogen) atoms. The molecule has 2 rings (SSSR count). The minimum atomic E-state index is 0.682. The van der Waals surface area contributed by atoms with Gasteiger partial charge in [-0.25, -0.2) is 0 Å². The van der Waals surface area contributed by atoms with Crippen molar-refractivity contribution in [1.82, 2.24) is 10.2 Å². The maximum absolute atomic E-state index is 5.69. The van der Waals surface area contributed by atoms with Gasteiger partial charge in [0.1, 0.15) is 0 Å². The van der Waals surface area contributed by atoms with Gasteiger partial charge in [-0.05, 0) is 38.5 Å². The maximum Gasteiger partial charge on any atom is 0.0494 e. The van der Waals surface area contributed by atoms with Crippen LogP contribution >= 0.6 is 0 Å². The Morgan fingerprint density at radius 1 is 1.35 bits per heavy atom. The van der Waals surface area contributed by atoms with Gasteiger partial charge >= 0.3 is 0 Å². The van der Waals surface area contributed by atoms with E-state index in [2.05, 4.69) is 24.1 Å². The Kier molecular flexibility index (Phi) is 5.26. The molecular formula is C14H28N2O. The van der Waals surface area contributed by atoms with Gasteiger partial charge in [-0.15, -0.1) is 0 Å². The van der Waals surface area contributed by atoms with Crippen LogP contribution in [0.3, 0.4) is 0 Å². The van der Waals surface area contributed by atoms with Crippen LogP contribution in [0.5, 0.6) is 0 Å². The molecular weight excluding hydrogens is 212 g/mol. The van der Waals surface area contributed by atoms with Gasteiger partial charge in [-0.1, -0.05) is 6.92 Å². The minimum absolute atomic E-state index is 0.682. The second-order valence-electron chi connectivity index (χ2n) is 5.73. The minimum Gasteiger partial charge on any atom is -0.381 e. The molecule has 3 nitrogen and oxygen atoms in total. The number of rotatable bonds is 7. The lowest BCUT2D eigenvalue weighted by Crippen LogP contribution is -2.55. The summed E-state index contributed by atoms with van der Waals surface area (Å²) in [6.07, 6.45) is 5.22. The lowest BCUT2D eigenvalue weighted by molar-refractivity contribution is 0.0916. The Hall–Kier alpha value is -0.120. The average Bonchev–Trinajstić information content (AvgIpc) is 3.15. The summed E-state index contributed by atoms with van der Waals surface area (Å²) in [5.74, 6) is 0.901. The summed E-state index contributed by atoms with van der Waals surface area (Å²) < 4.78 is 5.69. The Morgan fingerprint density at radius 2 is 2.18 bits per heavy atom. The summed E-state index contributed by atoms with van der Waals surface area (Å²) in [5, 5.41) is 3.60. The van der Waals surface area contributed by atoms with E-state index in [1.807, 2.05) is 0 Å². The number of nitrogens with zero attached hydrogens (tertiary/aromatic N) is 1. The molecule has 100 valence electrons. The van der Waals surface area contributed by atoms with Crippen molar-refractivity contribution in [2.75, 3.05) is 32.8 Å². The van der Waals surface area contributed by atoms with Crippen molar-refractivity contribution in [1.29, 1.82) is 0 Å². The second kappa shape index (κ2) is 6.72. The molecule has 0 spiro atoms. The Labute approximate surface area is 106 Å². The van der Waals surface area contributed by atoms with Crippen LogP contribution in [-0.4, -0.2) is 49.8 Å². The molecule has 1 saturated carbocycles. The smallest absolute Gasteiger partial charge is 0.0494 e. The molecule has 3 heteroatoms. The van der Waals surface area contributed by atoms with Crippen LogP contribution in [0.2, 0.25) is 0 Å². The molecule has 0 radical (unpaired) electrons. The highest BCUT2D eigenvalue weighted by molar-refractivity contribution is 4.82. The van der Waals surface area contributed by atoms with Crippen molar-refractivity contribution in [3.8, 4) is 0 Å². The molecule has 1 aliphatic heterocycles. The fourth-order valence-electron chi connectivity index (χ4n) is 2.48. The van der Waals surface area contributed by atoms with Gasteiger partial charge in [-0.2, -0.15) is 0 Å². The molecule has 0 aromatic heterocycles. The molecule has 2 unspecified atom stereocenters. The summed E-state index contributed by atoms with van der Waals surface area (Å²) in [4.78, 5) is 2.62. The largest absolute Gasteiger partial charge is 0.381 e. The number of nitrogens with one attached hydrogen (secondary N) is 1. The van der Waals surface area contributed by atoms with Gasteiger partial charge in [-0.3, -0.25) is 4.90 Å². The van der Waals surface area contributed by atoms with Crippen LogP contribution in [0.1, 0.15) is 39.5 Å². The highest BCUT2D eigenvalue weighted by Crippen LogP contribution is 2.28. The van der Waals surface area contributed by atoms with E-state index >= 15 is 0 Å². The topological polar surface area (TPSA) is 24.5 Å². The first kappa shape index (κ1) is 13.3. The van der Waals surface area contributed by atoms with Gasteiger partial charge in [0.25, 0.3) is 0 Å². The average molecular weight is 240 g/mol. The third-order valence-corrected chi connectivity index (χ3v) is 4.06. The van der Waals surface area contributed by atoms with E-state index in [0.717, 1.165) is 25.7 Å². The van der Waals surface area contributed by atoms with E-state index in [-0.39, 0.29) is 0 Å². The maximum atomic E-state index is 5.69. The van der Waals surface area contributed by atoms with Crippen molar-refractivity contribution in [3.05, 3.63) is 0 Å². The van der Waals surface area contributed by atoms with E-state index in [1.165, 1.54) is 38.8 Å². The highest BCUT2D eigenvalue weighted by Gasteiger charge is 2.23. The second-order valence-corrected chi connectivity index (χ2v) is 5.73. The van der Waals surface area contributed by atoms with Crippen molar-refractivity contribution in [3.63, 3.8) is 0 Å². The van der Waals surface area contributed by atoms with E-state index in [1.54, 1.807) is 0 Å². The van der Waals surface area contributed by atoms with Crippen LogP contribution in [0, 0.1) is 5.92 Å². The number of piperazine rings is 1. The van der Waals surface area contributed by atoms with Crippen molar-refractivity contribution in [2.45, 2.75) is 51.6 Å². The molecule has 0 amide bonds. The quantitative estimate of drug-likeness (QED) is 0.688. The molecule has 0 aromatic rings. The van der Waals surface area contributed by atoms with Gasteiger partial charge in [0.15, 0.2) is 0 Å². The van der Waals surface area contributed by atoms with E-state index in [0.29, 0.717) is 12.1 Å². The van der Waals surface area contributed by atoms with Crippen LogP contribution in [0.25, 0.3) is 0 Å². The number of hydrogen-bond donors (Lipinski definition) is 1. The number of ether oxygens (including phenoxy) is 1. The van der Waals surface area contributed by atoms with E-state index in [4.69, 9.17) is 4.74 Å². The fraction of sp³-hybridized carbons (Fsp3) is 1.00. The van der Waals surface area contributed by atoms with E-state index in [9.17, 15) is 0 Å². The van der Waals surface area contributed by atoms with E-state index < -0.39 is 0 Å². The van der Waals surface area contributed by atoms with Crippen LogP contribution in [0.15, 0.2) is 0 Å². The van der Waals surface area contributed by atoms with Crippen LogP contribution in [0.4, 0.5) is 0 Å². The van der Waals surface area contributed by atoms with Gasteiger partial charge in [0, 0.05) is 44.9 Å². The molecule has 0 aromatic carbocycles. The lowest BCUT2D eigenvalue weighted by Gasteiger charge is -2.38. The molecule has 2 aliphatic rings. The SMILES string of the molecule is CCC1CN(CCCOCC2CC2)C(C)CN1. The molecule has 1 heterocycles. The van der Waals surface area contributed by atoms with Crippen molar-refractivity contribution < 1.29 is 4.74 Å². The predicted octanol–water partition coefficient (Wildman–Crippen LogP) is 1.88. The van der Waals surface area contributed by atoms with Crippen molar-refractivity contribution in [2.24, 2.45) is 5.92 Å². The Bertz CT molecular complexity index is 218. The highest BCUT2D eigenvalue weighted by atomic mass is 16.5. The zero-order valence-corrected chi connectivity index (χ0v) is 11.5. The monoisotopic (exact) mass is 240 g/mol. The third kappa shape index (κ3) is 4.57. The van der Waals surface area contributed by atoms with Crippen LogP contribution in [-0.2, 0) is 4.74 Å². The Morgan fingerprint density at radius 3 is 2.88 bits per heavy atom. The molecule has 2 fully saturated rings. The molecule has 1 N–H and O–H groups in total. The first-order valence-corrected chi connectivity index (χ1v) is 7.34. The van der Waals surface area contributed by atoms with Crippen LogP contribution < -0.4 is 5.32 Å². The molecule has 0 bridgehead atoms. The summed E-state index contributed by atoms with van der Waals surface area (Å²) in [6.45, 7) is 10.1. The summed E-state index contributed by atoms with van der Waals surface area (Å²) >= 11 is 0. The zero-order chi connectivity index (χ0) is 12.1.